The molecule has 1 aromatic rings. The number of pyridine rings is 1. The van der Waals surface area contributed by atoms with Crippen molar-refractivity contribution in [3.05, 3.63) is 39.7 Å². The van der Waals surface area contributed by atoms with Crippen molar-refractivity contribution >= 4 is 12.0 Å². The molecular weight excluding hydrogens is 250 g/mol. The average molecular weight is 275 g/mol. The Balaban J connectivity index is 2.57. The lowest BCUT2D eigenvalue weighted by atomic mass is 10.0. The summed E-state index contributed by atoms with van der Waals surface area (Å²) in [5.41, 5.74) is 7.82. The van der Waals surface area contributed by atoms with E-state index in [1.54, 1.807) is 12.3 Å². The van der Waals surface area contributed by atoms with Crippen LogP contribution in [-0.4, -0.2) is 10.9 Å². The smallest absolute Gasteiger partial charge is 0.273 e. The van der Waals surface area contributed by atoms with Gasteiger partial charge in [-0.05, 0) is 57.6 Å². The monoisotopic (exact) mass is 275 g/mol. The second kappa shape index (κ2) is 7.68. The van der Waals surface area contributed by atoms with E-state index in [1.807, 2.05) is 6.92 Å². The van der Waals surface area contributed by atoms with Crippen LogP contribution < -0.4 is 11.3 Å². The van der Waals surface area contributed by atoms with E-state index in [1.165, 1.54) is 16.3 Å². The number of rotatable bonds is 6. The molecule has 0 fully saturated rings. The van der Waals surface area contributed by atoms with Crippen LogP contribution in [0, 0.1) is 12.8 Å². The highest BCUT2D eigenvalue weighted by atomic mass is 16.1. The zero-order chi connectivity index (χ0) is 15.1. The third kappa shape index (κ3) is 5.43. The molecule has 4 heteroatoms. The van der Waals surface area contributed by atoms with Gasteiger partial charge in [0, 0.05) is 12.3 Å². The zero-order valence-electron chi connectivity index (χ0n) is 12.9. The largest absolute Gasteiger partial charge is 0.384 e. The van der Waals surface area contributed by atoms with Gasteiger partial charge in [-0.1, -0.05) is 18.6 Å². The van der Waals surface area contributed by atoms with Crippen LogP contribution in [0.15, 0.2) is 33.7 Å². The number of nitrogens with two attached hydrogens (primary N) is 1. The molecular formula is C16H25N3O. The first-order valence-electron chi connectivity index (χ1n) is 7.05. The molecule has 1 aromatic heterocycles. The lowest BCUT2D eigenvalue weighted by molar-refractivity contribution is 0.561. The molecule has 4 nitrogen and oxygen atoms in total. The molecule has 0 unspecified atom stereocenters. The van der Waals surface area contributed by atoms with Crippen LogP contribution >= 0.6 is 0 Å². The highest BCUT2D eigenvalue weighted by molar-refractivity contribution is 5.57. The summed E-state index contributed by atoms with van der Waals surface area (Å²) in [4.78, 5) is 11.7. The van der Waals surface area contributed by atoms with Crippen molar-refractivity contribution in [3.8, 4) is 0 Å². The summed E-state index contributed by atoms with van der Waals surface area (Å²) in [6, 6.07) is 3.28. The van der Waals surface area contributed by atoms with Crippen LogP contribution in [-0.2, 0) is 0 Å². The van der Waals surface area contributed by atoms with Crippen molar-refractivity contribution in [2.45, 2.75) is 47.0 Å². The van der Waals surface area contributed by atoms with Crippen LogP contribution in [0.1, 0.15) is 45.6 Å². The Hall–Kier alpha value is -1.84. The zero-order valence-corrected chi connectivity index (χ0v) is 12.9. The van der Waals surface area contributed by atoms with E-state index in [0.717, 1.165) is 24.8 Å². The molecule has 2 N–H and O–H groups in total. The van der Waals surface area contributed by atoms with Gasteiger partial charge in [-0.15, -0.1) is 0 Å². The molecule has 0 amide bonds. The van der Waals surface area contributed by atoms with Gasteiger partial charge < -0.3 is 5.73 Å². The standard InChI is InChI=1S/C16H25N3O/c1-12(2)6-5-7-13(3)8-9-18-19-15(17)10-14(4)11-16(19)20/h6,9-11,13H,5,7-8,17H2,1-4H3/b18-9-/t13-/m0/s1. The van der Waals surface area contributed by atoms with Crippen molar-refractivity contribution in [2.75, 3.05) is 5.73 Å². The van der Waals surface area contributed by atoms with Crippen molar-refractivity contribution < 1.29 is 0 Å². The van der Waals surface area contributed by atoms with Crippen LogP contribution in [0.25, 0.3) is 0 Å². The van der Waals surface area contributed by atoms with Gasteiger partial charge in [0.2, 0.25) is 0 Å². The van der Waals surface area contributed by atoms with Crippen LogP contribution in [0.2, 0.25) is 0 Å². The Labute approximate surface area is 121 Å². The molecule has 110 valence electrons. The second-order valence-corrected chi connectivity index (χ2v) is 5.61. The topological polar surface area (TPSA) is 60.4 Å². The van der Waals surface area contributed by atoms with Crippen molar-refractivity contribution in [3.63, 3.8) is 0 Å². The van der Waals surface area contributed by atoms with Gasteiger partial charge in [-0.2, -0.15) is 9.78 Å². The first-order valence-corrected chi connectivity index (χ1v) is 7.05. The van der Waals surface area contributed by atoms with Gasteiger partial charge in [0.15, 0.2) is 0 Å². The van der Waals surface area contributed by atoms with Gasteiger partial charge >= 0.3 is 0 Å². The van der Waals surface area contributed by atoms with Gasteiger partial charge in [-0.25, -0.2) is 0 Å². The van der Waals surface area contributed by atoms with Crippen molar-refractivity contribution in [2.24, 2.45) is 11.0 Å². The molecule has 0 aliphatic rings. The maximum absolute atomic E-state index is 11.7. The third-order valence-corrected chi connectivity index (χ3v) is 3.10. The summed E-state index contributed by atoms with van der Waals surface area (Å²) in [6.07, 6.45) is 7.08. The Morgan fingerprint density at radius 1 is 1.45 bits per heavy atom. The van der Waals surface area contributed by atoms with Crippen molar-refractivity contribution in [1.29, 1.82) is 0 Å². The lowest BCUT2D eigenvalue weighted by Gasteiger charge is -2.07. The van der Waals surface area contributed by atoms with Gasteiger partial charge in [0.1, 0.15) is 5.82 Å². The first-order chi connectivity index (χ1) is 9.40. The molecule has 0 spiro atoms. The molecule has 1 atom stereocenters. The fourth-order valence-corrected chi connectivity index (χ4v) is 1.93. The van der Waals surface area contributed by atoms with E-state index in [2.05, 4.69) is 31.9 Å². The summed E-state index contributed by atoms with van der Waals surface area (Å²) in [5, 5.41) is 4.17. The third-order valence-electron chi connectivity index (χ3n) is 3.10. The predicted octanol–water partition coefficient (Wildman–Crippen LogP) is 3.35. The fraction of sp³-hybridized carbons (Fsp3) is 0.500. The van der Waals surface area contributed by atoms with Gasteiger partial charge in [-0.3, -0.25) is 4.79 Å². The molecule has 0 aliphatic heterocycles. The second-order valence-electron chi connectivity index (χ2n) is 5.61. The summed E-state index contributed by atoms with van der Waals surface area (Å²) in [6.45, 7) is 8.25. The SMILES string of the molecule is CC(C)=CCC[C@H](C)C/C=N\n1c(N)cc(C)cc1=O. The molecule has 0 aliphatic carbocycles. The van der Waals surface area contributed by atoms with Crippen LogP contribution in [0.4, 0.5) is 5.82 Å². The summed E-state index contributed by atoms with van der Waals surface area (Å²) >= 11 is 0. The van der Waals surface area contributed by atoms with E-state index in [-0.39, 0.29) is 5.56 Å². The van der Waals surface area contributed by atoms with Crippen LogP contribution in [0.5, 0.6) is 0 Å². The number of nitrogens with zero attached hydrogens (tertiary/aromatic N) is 2. The lowest BCUT2D eigenvalue weighted by Crippen LogP contribution is -2.19. The maximum Gasteiger partial charge on any atom is 0.273 e. The van der Waals surface area contributed by atoms with E-state index in [9.17, 15) is 4.79 Å². The molecule has 20 heavy (non-hydrogen) atoms. The number of hydrogen-bond donors (Lipinski definition) is 1. The Kier molecular flexibility index (Phi) is 6.22. The number of anilines is 1. The minimum absolute atomic E-state index is 0.184. The Morgan fingerprint density at radius 2 is 2.15 bits per heavy atom. The van der Waals surface area contributed by atoms with Crippen LogP contribution in [0.3, 0.4) is 0 Å². The summed E-state index contributed by atoms with van der Waals surface area (Å²) in [7, 11) is 0. The Morgan fingerprint density at radius 3 is 2.75 bits per heavy atom. The number of hydrogen-bond acceptors (Lipinski definition) is 3. The molecule has 1 heterocycles. The Bertz CT molecular complexity index is 551. The maximum atomic E-state index is 11.7. The molecule has 0 saturated carbocycles. The number of allylic oxidation sites excluding steroid dienone is 2. The number of aryl methyl sites for hydroxylation is 1. The molecule has 0 radical (unpaired) electrons. The highest BCUT2D eigenvalue weighted by Gasteiger charge is 2.01. The van der Waals surface area contributed by atoms with Gasteiger partial charge in [0.05, 0.1) is 0 Å². The molecule has 0 bridgehead atoms. The van der Waals surface area contributed by atoms with E-state index < -0.39 is 0 Å². The fourth-order valence-electron chi connectivity index (χ4n) is 1.93. The predicted molar refractivity (Wildman–Crippen MR) is 86.2 cm³/mol. The molecule has 1 rings (SSSR count). The van der Waals surface area contributed by atoms with Crippen molar-refractivity contribution in [1.82, 2.24) is 4.68 Å². The number of aromatic nitrogens is 1. The summed E-state index contributed by atoms with van der Waals surface area (Å²) in [5.74, 6) is 0.917. The molecule has 0 aromatic carbocycles. The van der Waals surface area contributed by atoms with E-state index >= 15 is 0 Å². The quantitative estimate of drug-likeness (QED) is 0.639. The molecule has 0 saturated heterocycles. The minimum atomic E-state index is -0.184. The number of nitrogen functional groups attached to an aromatic ring is 1. The van der Waals surface area contributed by atoms with Gasteiger partial charge in [0.25, 0.3) is 5.56 Å². The van der Waals surface area contributed by atoms with E-state index in [0.29, 0.717) is 11.7 Å². The average Bonchev–Trinajstić information content (AvgIpc) is 2.32. The summed E-state index contributed by atoms with van der Waals surface area (Å²) < 4.78 is 1.25. The minimum Gasteiger partial charge on any atom is -0.384 e. The normalized spacial score (nSPS) is 12.6. The first kappa shape index (κ1) is 16.2. The highest BCUT2D eigenvalue weighted by Crippen LogP contribution is 2.10. The van der Waals surface area contributed by atoms with E-state index in [4.69, 9.17) is 5.73 Å².